The van der Waals surface area contributed by atoms with Gasteiger partial charge in [0.25, 0.3) is 5.91 Å². The molecule has 3 fully saturated rings. The van der Waals surface area contributed by atoms with E-state index in [-0.39, 0.29) is 11.9 Å². The van der Waals surface area contributed by atoms with E-state index in [1.54, 1.807) is 6.92 Å². The molecule has 0 atom stereocenters. The molecule has 2 spiro atoms. The summed E-state index contributed by atoms with van der Waals surface area (Å²) in [5.74, 6) is -1.08. The number of carbonyl (C=O) groups is 2. The minimum atomic E-state index is -0.457. The number of aromatic nitrogens is 2. The first kappa shape index (κ1) is 27.5. The number of carbonyl (C=O) groups excluding carboxylic acids is 2. The van der Waals surface area contributed by atoms with Crippen LogP contribution in [-0.4, -0.2) is 109 Å². The Bertz CT molecular complexity index is 1220. The van der Waals surface area contributed by atoms with Gasteiger partial charge in [-0.05, 0) is 50.1 Å². The van der Waals surface area contributed by atoms with Gasteiger partial charge in [-0.2, -0.15) is 0 Å². The summed E-state index contributed by atoms with van der Waals surface area (Å²) in [5.41, 5.74) is 5.78. The Balaban J connectivity index is 0.000000148. The van der Waals surface area contributed by atoms with Gasteiger partial charge in [-0.3, -0.25) is 4.79 Å². The average molecular weight is 557 g/mol. The number of fused-ring (bicyclic) bond motifs is 2. The number of esters is 1. The van der Waals surface area contributed by atoms with Gasteiger partial charge in [0, 0.05) is 63.3 Å². The molecule has 5 aliphatic rings. The van der Waals surface area contributed by atoms with Gasteiger partial charge in [-0.15, -0.1) is 0 Å². The molecule has 0 unspecified atom stereocenters. The van der Waals surface area contributed by atoms with E-state index in [1.165, 1.54) is 11.3 Å². The summed E-state index contributed by atoms with van der Waals surface area (Å²) in [4.78, 5) is 35.0. The van der Waals surface area contributed by atoms with Crippen molar-refractivity contribution >= 4 is 11.9 Å². The summed E-state index contributed by atoms with van der Waals surface area (Å²) >= 11 is 0. The van der Waals surface area contributed by atoms with Crippen LogP contribution in [0.5, 0.6) is 0 Å². The van der Waals surface area contributed by atoms with Crippen molar-refractivity contribution in [3.8, 4) is 0 Å². The quantitative estimate of drug-likeness (QED) is 0.552. The predicted octanol–water partition coefficient (Wildman–Crippen LogP) is 2.06. The normalized spacial score (nSPS) is 23.0. The molecule has 0 radical (unpaired) electrons. The SMILES string of the molecule is CCOC(=O)c1cc2c([nH]1)CCC1(C2)OCCO1.CN1CCN(C(=O)c2cc3c([nH]2)CCC2(C3)OCCO2)CC1. The Morgan fingerprint density at radius 1 is 0.825 bits per heavy atom. The summed E-state index contributed by atoms with van der Waals surface area (Å²) in [6.45, 7) is 8.33. The lowest BCUT2D eigenvalue weighted by atomic mass is 9.92. The molecule has 0 saturated carbocycles. The van der Waals surface area contributed by atoms with Crippen LogP contribution in [-0.2, 0) is 49.4 Å². The van der Waals surface area contributed by atoms with E-state index in [9.17, 15) is 9.59 Å². The first-order valence-electron chi connectivity index (χ1n) is 14.5. The minimum Gasteiger partial charge on any atom is -0.461 e. The number of likely N-dealkylation sites (N-methyl/N-ethyl adjacent to an activating group) is 1. The third-order valence-electron chi connectivity index (χ3n) is 8.56. The summed E-state index contributed by atoms with van der Waals surface area (Å²) in [7, 11) is 2.09. The molecular weight excluding hydrogens is 516 g/mol. The van der Waals surface area contributed by atoms with E-state index < -0.39 is 11.6 Å². The second-order valence-electron chi connectivity index (χ2n) is 11.3. The van der Waals surface area contributed by atoms with E-state index in [1.807, 2.05) is 17.0 Å². The number of hydrogen-bond acceptors (Lipinski definition) is 8. The topological polar surface area (TPSA) is 118 Å². The maximum absolute atomic E-state index is 12.7. The van der Waals surface area contributed by atoms with Gasteiger partial charge < -0.3 is 43.5 Å². The average Bonchev–Trinajstić information content (AvgIpc) is 3.76. The van der Waals surface area contributed by atoms with Crippen molar-refractivity contribution in [2.75, 3.05) is 66.3 Å². The van der Waals surface area contributed by atoms with E-state index in [2.05, 4.69) is 21.9 Å². The molecule has 2 aliphatic carbocycles. The van der Waals surface area contributed by atoms with Gasteiger partial charge in [0.1, 0.15) is 11.4 Å². The van der Waals surface area contributed by atoms with Gasteiger partial charge in [-0.1, -0.05) is 0 Å². The van der Waals surface area contributed by atoms with Crippen LogP contribution in [0.15, 0.2) is 12.1 Å². The van der Waals surface area contributed by atoms with Gasteiger partial charge >= 0.3 is 5.97 Å². The molecule has 0 aromatic carbocycles. The minimum absolute atomic E-state index is 0.116. The Morgan fingerprint density at radius 3 is 1.85 bits per heavy atom. The van der Waals surface area contributed by atoms with Gasteiger partial charge in [0.15, 0.2) is 11.6 Å². The lowest BCUT2D eigenvalue weighted by Gasteiger charge is -2.32. The zero-order valence-corrected chi connectivity index (χ0v) is 23.5. The Kier molecular flexibility index (Phi) is 7.75. The molecule has 2 aromatic rings. The van der Waals surface area contributed by atoms with E-state index >= 15 is 0 Å². The van der Waals surface area contributed by atoms with Crippen molar-refractivity contribution in [3.63, 3.8) is 0 Å². The van der Waals surface area contributed by atoms with Gasteiger partial charge in [0.2, 0.25) is 0 Å². The fraction of sp³-hybridized carbons (Fsp3) is 0.655. The largest absolute Gasteiger partial charge is 0.461 e. The number of nitrogens with one attached hydrogen (secondary N) is 2. The van der Waals surface area contributed by atoms with Gasteiger partial charge in [-0.25, -0.2) is 4.79 Å². The Hall–Kier alpha value is -2.70. The van der Waals surface area contributed by atoms with Crippen LogP contribution < -0.4 is 0 Å². The maximum Gasteiger partial charge on any atom is 0.354 e. The lowest BCUT2D eigenvalue weighted by molar-refractivity contribution is -0.164. The van der Waals surface area contributed by atoms with Crippen molar-refractivity contribution in [1.82, 2.24) is 19.8 Å². The van der Waals surface area contributed by atoms with E-state index in [0.29, 0.717) is 50.8 Å². The van der Waals surface area contributed by atoms with Crippen molar-refractivity contribution in [2.24, 2.45) is 0 Å². The van der Waals surface area contributed by atoms with Crippen LogP contribution in [0.25, 0.3) is 0 Å². The number of aromatic amines is 2. The predicted molar refractivity (Wildman–Crippen MR) is 144 cm³/mol. The van der Waals surface area contributed by atoms with Crippen molar-refractivity contribution < 1.29 is 33.3 Å². The summed E-state index contributed by atoms with van der Waals surface area (Å²) < 4.78 is 28.0. The van der Waals surface area contributed by atoms with Crippen LogP contribution >= 0.6 is 0 Å². The standard InChI is InChI=1S/C16H23N3O3.C13H17NO4/c1-18-4-6-19(7-5-18)15(20)14-10-12-11-16(21-8-9-22-16)3-2-13(12)17-14;1-2-16-12(15)11-7-9-8-13(17-5-6-18-13)4-3-10(9)14-11/h10,17H,2-9,11H2,1H3;7,14H,2-6,8H2,1H3. The number of piperazine rings is 1. The van der Waals surface area contributed by atoms with Crippen LogP contribution in [0.2, 0.25) is 0 Å². The first-order chi connectivity index (χ1) is 19.4. The van der Waals surface area contributed by atoms with E-state index in [4.69, 9.17) is 23.7 Å². The lowest BCUT2D eigenvalue weighted by Crippen LogP contribution is -2.47. The second-order valence-corrected chi connectivity index (χ2v) is 11.3. The van der Waals surface area contributed by atoms with Crippen molar-refractivity contribution in [3.05, 3.63) is 46.0 Å². The molecule has 3 aliphatic heterocycles. The Labute approximate surface area is 234 Å². The summed E-state index contributed by atoms with van der Waals surface area (Å²) in [5, 5.41) is 0. The number of ether oxygens (including phenoxy) is 5. The molecule has 0 bridgehead atoms. The molecule has 2 N–H and O–H groups in total. The molecule has 11 nitrogen and oxygen atoms in total. The number of H-pyrrole nitrogens is 2. The first-order valence-corrected chi connectivity index (χ1v) is 14.5. The molecule has 40 heavy (non-hydrogen) atoms. The molecule has 2 aromatic heterocycles. The fourth-order valence-electron chi connectivity index (χ4n) is 6.33. The van der Waals surface area contributed by atoms with Crippen LogP contribution in [0.3, 0.4) is 0 Å². The molecule has 218 valence electrons. The highest BCUT2D eigenvalue weighted by molar-refractivity contribution is 5.93. The highest BCUT2D eigenvalue weighted by atomic mass is 16.7. The highest BCUT2D eigenvalue weighted by Crippen LogP contribution is 2.36. The molecule has 3 saturated heterocycles. The summed E-state index contributed by atoms with van der Waals surface area (Å²) in [6, 6.07) is 3.86. The summed E-state index contributed by atoms with van der Waals surface area (Å²) in [6.07, 6.45) is 4.87. The molecule has 11 heteroatoms. The number of amides is 1. The van der Waals surface area contributed by atoms with Crippen LogP contribution in [0, 0.1) is 0 Å². The molecule has 7 rings (SSSR count). The fourth-order valence-corrected chi connectivity index (χ4v) is 6.33. The van der Waals surface area contributed by atoms with Crippen LogP contribution in [0.4, 0.5) is 0 Å². The third kappa shape index (κ3) is 5.58. The van der Waals surface area contributed by atoms with Gasteiger partial charge in [0.05, 0.1) is 33.0 Å². The molecule has 1 amide bonds. The smallest absolute Gasteiger partial charge is 0.354 e. The number of hydrogen-bond donors (Lipinski definition) is 2. The monoisotopic (exact) mass is 556 g/mol. The molecular formula is C29H40N4O7. The highest BCUT2D eigenvalue weighted by Gasteiger charge is 2.42. The number of nitrogens with zero attached hydrogens (tertiary/aromatic N) is 2. The zero-order valence-electron chi connectivity index (χ0n) is 23.5. The van der Waals surface area contributed by atoms with Crippen molar-refractivity contribution in [1.29, 1.82) is 0 Å². The van der Waals surface area contributed by atoms with E-state index in [0.717, 1.165) is 69.5 Å². The number of aryl methyl sites for hydroxylation is 2. The van der Waals surface area contributed by atoms with Crippen molar-refractivity contribution in [2.45, 2.75) is 57.0 Å². The maximum atomic E-state index is 12.7. The zero-order chi connectivity index (χ0) is 27.7. The third-order valence-corrected chi connectivity index (χ3v) is 8.56. The Morgan fingerprint density at radius 2 is 1.32 bits per heavy atom. The molecule has 5 heterocycles. The van der Waals surface area contributed by atoms with Crippen LogP contribution in [0.1, 0.15) is 63.3 Å². The number of rotatable bonds is 3. The second kappa shape index (κ2) is 11.3.